The SMILES string of the molecule is CCCCCCOc1ccc(NC(=O)Cc2c(-c3ccc(C)c(C)c3)nc3c(C)cccn23)cc1. The Morgan fingerprint density at radius 1 is 0.943 bits per heavy atom. The van der Waals surface area contributed by atoms with E-state index in [-0.39, 0.29) is 12.3 Å². The van der Waals surface area contributed by atoms with Crippen molar-refractivity contribution in [2.45, 2.75) is 59.8 Å². The van der Waals surface area contributed by atoms with Crippen LogP contribution in [0.4, 0.5) is 5.69 Å². The number of ether oxygens (including phenoxy) is 1. The highest BCUT2D eigenvalue weighted by molar-refractivity contribution is 5.93. The normalized spacial score (nSPS) is 11.1. The van der Waals surface area contributed by atoms with E-state index in [0.717, 1.165) is 52.6 Å². The van der Waals surface area contributed by atoms with E-state index < -0.39 is 0 Å². The van der Waals surface area contributed by atoms with Crippen LogP contribution in [-0.4, -0.2) is 21.9 Å². The molecular formula is C30H35N3O2. The van der Waals surface area contributed by atoms with Gasteiger partial charge in [0, 0.05) is 17.4 Å². The number of fused-ring (bicyclic) bond motifs is 1. The first-order valence-corrected chi connectivity index (χ1v) is 12.5. The van der Waals surface area contributed by atoms with Crippen LogP contribution in [0.3, 0.4) is 0 Å². The fourth-order valence-electron chi connectivity index (χ4n) is 4.25. The van der Waals surface area contributed by atoms with Gasteiger partial charge in [-0.3, -0.25) is 4.79 Å². The zero-order valence-electron chi connectivity index (χ0n) is 21.2. The minimum absolute atomic E-state index is 0.0772. The third kappa shape index (κ3) is 5.91. The van der Waals surface area contributed by atoms with Gasteiger partial charge in [0.2, 0.25) is 5.91 Å². The second-order valence-corrected chi connectivity index (χ2v) is 9.25. The Hall–Kier alpha value is -3.60. The first-order valence-electron chi connectivity index (χ1n) is 12.5. The molecule has 0 bridgehead atoms. The Morgan fingerprint density at radius 2 is 1.74 bits per heavy atom. The summed E-state index contributed by atoms with van der Waals surface area (Å²) in [7, 11) is 0. The van der Waals surface area contributed by atoms with Crippen LogP contribution in [0.5, 0.6) is 5.75 Å². The number of pyridine rings is 1. The molecule has 0 aliphatic rings. The molecule has 0 spiro atoms. The summed E-state index contributed by atoms with van der Waals surface area (Å²) in [6.07, 6.45) is 6.92. The van der Waals surface area contributed by atoms with Crippen LogP contribution in [0.1, 0.15) is 55.0 Å². The van der Waals surface area contributed by atoms with Gasteiger partial charge in [-0.2, -0.15) is 0 Å². The molecular weight excluding hydrogens is 434 g/mol. The number of amides is 1. The molecule has 1 amide bonds. The van der Waals surface area contributed by atoms with Gasteiger partial charge < -0.3 is 14.5 Å². The highest BCUT2D eigenvalue weighted by Crippen LogP contribution is 2.28. The number of anilines is 1. The molecule has 35 heavy (non-hydrogen) atoms. The molecule has 2 aromatic heterocycles. The van der Waals surface area contributed by atoms with E-state index in [2.05, 4.69) is 44.3 Å². The fourth-order valence-corrected chi connectivity index (χ4v) is 4.25. The van der Waals surface area contributed by atoms with Crippen LogP contribution >= 0.6 is 0 Å². The Balaban J connectivity index is 1.50. The van der Waals surface area contributed by atoms with Gasteiger partial charge >= 0.3 is 0 Å². The molecule has 0 saturated heterocycles. The van der Waals surface area contributed by atoms with Crippen LogP contribution in [0.2, 0.25) is 0 Å². The number of carbonyl (C=O) groups excluding carboxylic acids is 1. The van der Waals surface area contributed by atoms with Gasteiger partial charge in [-0.15, -0.1) is 0 Å². The number of carbonyl (C=O) groups is 1. The summed E-state index contributed by atoms with van der Waals surface area (Å²) >= 11 is 0. The molecule has 0 fully saturated rings. The number of rotatable bonds is 10. The molecule has 1 N–H and O–H groups in total. The zero-order valence-corrected chi connectivity index (χ0v) is 21.2. The summed E-state index contributed by atoms with van der Waals surface area (Å²) in [5.41, 5.74) is 7.92. The lowest BCUT2D eigenvalue weighted by Gasteiger charge is -2.10. The zero-order chi connectivity index (χ0) is 24.8. The largest absolute Gasteiger partial charge is 0.494 e. The lowest BCUT2D eigenvalue weighted by molar-refractivity contribution is -0.115. The van der Waals surface area contributed by atoms with Crippen molar-refractivity contribution in [1.82, 2.24) is 9.38 Å². The fraction of sp³-hybridized carbons (Fsp3) is 0.333. The molecule has 0 aliphatic heterocycles. The van der Waals surface area contributed by atoms with E-state index in [4.69, 9.17) is 9.72 Å². The average Bonchev–Trinajstić information content (AvgIpc) is 3.21. The van der Waals surface area contributed by atoms with Gasteiger partial charge in [0.1, 0.15) is 11.4 Å². The monoisotopic (exact) mass is 469 g/mol. The summed E-state index contributed by atoms with van der Waals surface area (Å²) in [6, 6.07) is 18.0. The molecule has 0 aliphatic carbocycles. The van der Waals surface area contributed by atoms with Crippen molar-refractivity contribution in [3.05, 3.63) is 83.2 Å². The third-order valence-electron chi connectivity index (χ3n) is 6.46. The lowest BCUT2D eigenvalue weighted by Crippen LogP contribution is -2.16. The summed E-state index contributed by atoms with van der Waals surface area (Å²) in [6.45, 7) is 9.17. The Morgan fingerprint density at radius 3 is 2.49 bits per heavy atom. The van der Waals surface area contributed by atoms with Crippen LogP contribution < -0.4 is 10.1 Å². The number of aromatic nitrogens is 2. The Labute approximate surface area is 208 Å². The highest BCUT2D eigenvalue weighted by atomic mass is 16.5. The first kappa shape index (κ1) is 24.5. The van der Waals surface area contributed by atoms with Crippen molar-refractivity contribution in [1.29, 1.82) is 0 Å². The molecule has 0 unspecified atom stereocenters. The summed E-state index contributed by atoms with van der Waals surface area (Å²) in [5.74, 6) is 0.750. The minimum atomic E-state index is -0.0772. The number of nitrogens with zero attached hydrogens (tertiary/aromatic N) is 2. The van der Waals surface area contributed by atoms with Gasteiger partial charge in [-0.05, 0) is 80.3 Å². The van der Waals surface area contributed by atoms with E-state index >= 15 is 0 Å². The van der Waals surface area contributed by atoms with E-state index in [9.17, 15) is 4.79 Å². The maximum absolute atomic E-state index is 13.1. The molecule has 5 nitrogen and oxygen atoms in total. The standard InChI is InChI=1S/C30H35N3O2/c1-5-6-7-8-18-35-26-15-13-25(14-16-26)31-28(34)20-27-29(24-12-11-21(2)23(4)19-24)32-30-22(3)10-9-17-33(27)30/h9-17,19H,5-8,18,20H2,1-4H3,(H,31,34). The number of benzene rings is 2. The highest BCUT2D eigenvalue weighted by Gasteiger charge is 2.18. The average molecular weight is 470 g/mol. The number of unbranched alkanes of at least 4 members (excludes halogenated alkanes) is 3. The summed E-state index contributed by atoms with van der Waals surface area (Å²) < 4.78 is 7.85. The van der Waals surface area contributed by atoms with Crippen molar-refractivity contribution in [3.8, 4) is 17.0 Å². The van der Waals surface area contributed by atoms with Crippen molar-refractivity contribution in [2.24, 2.45) is 0 Å². The van der Waals surface area contributed by atoms with Crippen molar-refractivity contribution < 1.29 is 9.53 Å². The third-order valence-corrected chi connectivity index (χ3v) is 6.46. The van der Waals surface area contributed by atoms with Crippen LogP contribution in [-0.2, 0) is 11.2 Å². The molecule has 2 aromatic carbocycles. The van der Waals surface area contributed by atoms with Crippen molar-refractivity contribution in [2.75, 3.05) is 11.9 Å². The molecule has 182 valence electrons. The van der Waals surface area contributed by atoms with E-state index in [1.807, 2.05) is 53.9 Å². The van der Waals surface area contributed by atoms with Gasteiger partial charge in [0.05, 0.1) is 24.4 Å². The second kappa shape index (κ2) is 11.2. The minimum Gasteiger partial charge on any atom is -0.494 e. The van der Waals surface area contributed by atoms with Gasteiger partial charge in [-0.1, -0.05) is 44.4 Å². The predicted octanol–water partition coefficient (Wildman–Crippen LogP) is 7.07. The number of hydrogen-bond acceptors (Lipinski definition) is 3. The van der Waals surface area contributed by atoms with Crippen LogP contribution in [0, 0.1) is 20.8 Å². The van der Waals surface area contributed by atoms with Crippen molar-refractivity contribution >= 4 is 17.2 Å². The van der Waals surface area contributed by atoms with Crippen molar-refractivity contribution in [3.63, 3.8) is 0 Å². The summed E-state index contributed by atoms with van der Waals surface area (Å²) in [4.78, 5) is 18.0. The summed E-state index contributed by atoms with van der Waals surface area (Å²) in [5, 5.41) is 3.03. The maximum atomic E-state index is 13.1. The molecule has 5 heteroatoms. The van der Waals surface area contributed by atoms with Crippen LogP contribution in [0.25, 0.3) is 16.9 Å². The molecule has 0 atom stereocenters. The van der Waals surface area contributed by atoms with Gasteiger partial charge in [-0.25, -0.2) is 4.98 Å². The number of hydrogen-bond donors (Lipinski definition) is 1. The quantitative estimate of drug-likeness (QED) is 0.253. The number of aryl methyl sites for hydroxylation is 3. The first-order chi connectivity index (χ1) is 17.0. The molecule has 4 rings (SSSR count). The Kier molecular flexibility index (Phi) is 7.86. The smallest absolute Gasteiger partial charge is 0.230 e. The number of imidazole rings is 1. The Bertz CT molecular complexity index is 1310. The predicted molar refractivity (Wildman–Crippen MR) is 143 cm³/mol. The van der Waals surface area contributed by atoms with Crippen LogP contribution in [0.15, 0.2) is 60.8 Å². The van der Waals surface area contributed by atoms with E-state index in [1.165, 1.54) is 30.4 Å². The van der Waals surface area contributed by atoms with Gasteiger partial charge in [0.15, 0.2) is 0 Å². The molecule has 0 saturated carbocycles. The molecule has 0 radical (unpaired) electrons. The number of nitrogens with one attached hydrogen (secondary N) is 1. The van der Waals surface area contributed by atoms with Gasteiger partial charge in [0.25, 0.3) is 0 Å². The van der Waals surface area contributed by atoms with E-state index in [0.29, 0.717) is 0 Å². The second-order valence-electron chi connectivity index (χ2n) is 9.25. The van der Waals surface area contributed by atoms with E-state index in [1.54, 1.807) is 0 Å². The molecule has 2 heterocycles. The topological polar surface area (TPSA) is 55.6 Å². The maximum Gasteiger partial charge on any atom is 0.230 e. The lowest BCUT2D eigenvalue weighted by atomic mass is 10.0. The molecule has 4 aromatic rings.